The van der Waals surface area contributed by atoms with Crippen LogP contribution in [0.1, 0.15) is 16.7 Å². The molecule has 0 aliphatic carbocycles. The minimum absolute atomic E-state index is 0.902. The van der Waals surface area contributed by atoms with Crippen LogP contribution in [0, 0.1) is 0 Å². The Morgan fingerprint density at radius 3 is 2.20 bits per heavy atom. The van der Waals surface area contributed by atoms with Crippen molar-refractivity contribution in [3.63, 3.8) is 0 Å². The highest BCUT2D eigenvalue weighted by Crippen LogP contribution is 2.29. The molecule has 20 heavy (non-hydrogen) atoms. The highest BCUT2D eigenvalue weighted by molar-refractivity contribution is 9.10. The monoisotopic (exact) mass is 393 g/mol. The predicted molar refractivity (Wildman–Crippen MR) is 92.8 cm³/mol. The summed E-state index contributed by atoms with van der Waals surface area (Å²) in [6.07, 6.45) is 2.26. The average Bonchev–Trinajstić information content (AvgIpc) is 2.70. The molecule has 0 saturated carbocycles. The van der Waals surface area contributed by atoms with E-state index in [0.29, 0.717) is 0 Å². The summed E-state index contributed by atoms with van der Waals surface area (Å²) < 4.78 is 1.15. The third-order valence-electron chi connectivity index (χ3n) is 3.95. The largest absolute Gasteiger partial charge is 0.371 e. The quantitative estimate of drug-likeness (QED) is 0.651. The first-order valence-electron chi connectivity index (χ1n) is 6.94. The highest BCUT2D eigenvalue weighted by Gasteiger charge is 2.16. The van der Waals surface area contributed by atoms with Gasteiger partial charge in [0.15, 0.2) is 0 Å². The van der Waals surface area contributed by atoms with Gasteiger partial charge in [0, 0.05) is 28.6 Å². The van der Waals surface area contributed by atoms with Crippen molar-refractivity contribution in [1.29, 1.82) is 0 Å². The number of hydrogen-bond donors (Lipinski definition) is 0. The van der Waals surface area contributed by atoms with Crippen LogP contribution in [0.4, 0.5) is 5.69 Å². The van der Waals surface area contributed by atoms with Gasteiger partial charge in [-0.25, -0.2) is 0 Å². The third kappa shape index (κ3) is 2.94. The van der Waals surface area contributed by atoms with E-state index in [1.165, 1.54) is 22.4 Å². The Morgan fingerprint density at radius 2 is 1.60 bits per heavy atom. The van der Waals surface area contributed by atoms with Crippen molar-refractivity contribution in [2.75, 3.05) is 18.0 Å². The Balaban J connectivity index is 1.88. The van der Waals surface area contributed by atoms with E-state index in [0.717, 1.165) is 35.7 Å². The topological polar surface area (TPSA) is 3.24 Å². The maximum atomic E-state index is 3.61. The van der Waals surface area contributed by atoms with Crippen LogP contribution in [0.5, 0.6) is 0 Å². The lowest BCUT2D eigenvalue weighted by molar-refractivity contribution is 0.802. The molecule has 0 N–H and O–H groups in total. The van der Waals surface area contributed by atoms with E-state index >= 15 is 0 Å². The molecule has 0 saturated heterocycles. The minimum atomic E-state index is 0.902. The van der Waals surface area contributed by atoms with Crippen molar-refractivity contribution in [2.24, 2.45) is 0 Å². The highest BCUT2D eigenvalue weighted by atomic mass is 79.9. The molecule has 2 aromatic rings. The van der Waals surface area contributed by atoms with Gasteiger partial charge in [-0.1, -0.05) is 62.2 Å². The molecule has 0 atom stereocenters. The molecule has 3 rings (SSSR count). The molecule has 1 aliphatic rings. The second-order valence-electron chi connectivity index (χ2n) is 5.16. The van der Waals surface area contributed by atoms with Crippen molar-refractivity contribution in [3.8, 4) is 0 Å². The molecule has 0 spiro atoms. The zero-order valence-corrected chi connectivity index (χ0v) is 14.5. The summed E-state index contributed by atoms with van der Waals surface area (Å²) in [5.41, 5.74) is 5.72. The van der Waals surface area contributed by atoms with Gasteiger partial charge in [0.25, 0.3) is 0 Å². The number of alkyl halides is 1. The average molecular weight is 395 g/mol. The van der Waals surface area contributed by atoms with Crippen LogP contribution in [0.25, 0.3) is 0 Å². The molecular formula is C17H17Br2N. The molecule has 1 nitrogen and oxygen atoms in total. The summed E-state index contributed by atoms with van der Waals surface area (Å²) in [5, 5.41) is 0.902. The van der Waals surface area contributed by atoms with Crippen LogP contribution in [0.3, 0.4) is 0 Å². The van der Waals surface area contributed by atoms with Crippen LogP contribution >= 0.6 is 31.9 Å². The standard InChI is InChI=1S/C17H17Br2N/c18-12-15-5-6-16(19)11-17(15)20-9-7-13-3-1-2-4-14(13)8-10-20/h1-6,11H,7-10,12H2. The number of nitrogens with zero attached hydrogens (tertiary/aromatic N) is 1. The second-order valence-corrected chi connectivity index (χ2v) is 6.64. The maximum Gasteiger partial charge on any atom is 0.0418 e. The normalized spacial score (nSPS) is 14.8. The van der Waals surface area contributed by atoms with E-state index in [9.17, 15) is 0 Å². The van der Waals surface area contributed by atoms with E-state index in [1.807, 2.05) is 0 Å². The Hall–Kier alpha value is -0.800. The Labute approximate surface area is 137 Å². The molecule has 3 heteroatoms. The Morgan fingerprint density at radius 1 is 0.950 bits per heavy atom. The zero-order valence-electron chi connectivity index (χ0n) is 11.3. The fourth-order valence-electron chi connectivity index (χ4n) is 2.85. The van der Waals surface area contributed by atoms with E-state index in [1.54, 1.807) is 0 Å². The SMILES string of the molecule is BrCc1ccc(Br)cc1N1CCc2ccccc2CC1. The van der Waals surface area contributed by atoms with Gasteiger partial charge in [0.2, 0.25) is 0 Å². The van der Waals surface area contributed by atoms with E-state index in [-0.39, 0.29) is 0 Å². The lowest BCUT2D eigenvalue weighted by Gasteiger charge is -2.25. The van der Waals surface area contributed by atoms with Gasteiger partial charge in [0.05, 0.1) is 0 Å². The van der Waals surface area contributed by atoms with Gasteiger partial charge in [-0.15, -0.1) is 0 Å². The van der Waals surface area contributed by atoms with E-state index < -0.39 is 0 Å². The molecular weight excluding hydrogens is 378 g/mol. The summed E-state index contributed by atoms with van der Waals surface area (Å²) in [7, 11) is 0. The second kappa shape index (κ2) is 6.31. The Kier molecular flexibility index (Phi) is 4.47. The van der Waals surface area contributed by atoms with Crippen LogP contribution in [-0.4, -0.2) is 13.1 Å². The summed E-state index contributed by atoms with van der Waals surface area (Å²) in [6, 6.07) is 15.4. The van der Waals surface area contributed by atoms with Crippen molar-refractivity contribution < 1.29 is 0 Å². The molecule has 0 bridgehead atoms. The van der Waals surface area contributed by atoms with Crippen LogP contribution in [0.15, 0.2) is 46.9 Å². The molecule has 0 aromatic heterocycles. The zero-order chi connectivity index (χ0) is 13.9. The van der Waals surface area contributed by atoms with E-state index in [2.05, 4.69) is 79.2 Å². The van der Waals surface area contributed by atoms with E-state index in [4.69, 9.17) is 0 Å². The van der Waals surface area contributed by atoms with Gasteiger partial charge >= 0.3 is 0 Å². The molecule has 1 heterocycles. The number of anilines is 1. The summed E-state index contributed by atoms with van der Waals surface area (Å²) >= 11 is 7.20. The van der Waals surface area contributed by atoms with Crippen LogP contribution in [-0.2, 0) is 18.2 Å². The van der Waals surface area contributed by atoms with Gasteiger partial charge in [0.1, 0.15) is 0 Å². The molecule has 0 amide bonds. The fraction of sp³-hybridized carbons (Fsp3) is 0.294. The lowest BCUT2D eigenvalue weighted by Crippen LogP contribution is -2.26. The number of benzene rings is 2. The first kappa shape index (κ1) is 14.2. The summed E-state index contributed by atoms with van der Waals surface area (Å²) in [6.45, 7) is 2.18. The van der Waals surface area contributed by atoms with Gasteiger partial charge in [-0.05, 0) is 41.7 Å². The summed E-state index contributed by atoms with van der Waals surface area (Å²) in [4.78, 5) is 2.52. The molecule has 1 aliphatic heterocycles. The molecule has 0 unspecified atom stereocenters. The van der Waals surface area contributed by atoms with Crippen molar-refractivity contribution in [3.05, 3.63) is 63.6 Å². The van der Waals surface area contributed by atoms with Gasteiger partial charge in [-0.3, -0.25) is 0 Å². The van der Waals surface area contributed by atoms with Gasteiger partial charge < -0.3 is 4.90 Å². The van der Waals surface area contributed by atoms with Crippen molar-refractivity contribution in [1.82, 2.24) is 0 Å². The maximum absolute atomic E-state index is 3.61. The van der Waals surface area contributed by atoms with Crippen LogP contribution in [0.2, 0.25) is 0 Å². The smallest absolute Gasteiger partial charge is 0.0418 e. The molecule has 0 radical (unpaired) electrons. The molecule has 104 valence electrons. The molecule has 0 fully saturated rings. The van der Waals surface area contributed by atoms with Crippen molar-refractivity contribution in [2.45, 2.75) is 18.2 Å². The Bertz CT molecular complexity index is 583. The lowest BCUT2D eigenvalue weighted by atomic mass is 10.0. The van der Waals surface area contributed by atoms with Crippen molar-refractivity contribution >= 4 is 37.5 Å². The van der Waals surface area contributed by atoms with Gasteiger partial charge in [-0.2, -0.15) is 0 Å². The first-order chi connectivity index (χ1) is 9.78. The number of rotatable bonds is 2. The number of halogens is 2. The summed E-state index contributed by atoms with van der Waals surface area (Å²) in [5.74, 6) is 0. The number of hydrogen-bond acceptors (Lipinski definition) is 1. The first-order valence-corrected chi connectivity index (χ1v) is 8.85. The third-order valence-corrected chi connectivity index (χ3v) is 5.05. The van der Waals surface area contributed by atoms with Crippen LogP contribution < -0.4 is 4.90 Å². The number of fused-ring (bicyclic) bond motifs is 1. The minimum Gasteiger partial charge on any atom is -0.371 e. The fourth-order valence-corrected chi connectivity index (χ4v) is 3.68. The predicted octanol–water partition coefficient (Wildman–Crippen LogP) is 4.95. The molecule has 2 aromatic carbocycles.